The molecule has 1 saturated carbocycles. The first-order valence-electron chi connectivity index (χ1n) is 11.3. The van der Waals surface area contributed by atoms with Gasteiger partial charge in [-0.15, -0.1) is 0 Å². The van der Waals surface area contributed by atoms with E-state index in [9.17, 15) is 4.79 Å². The van der Waals surface area contributed by atoms with Gasteiger partial charge in [-0.1, -0.05) is 18.5 Å². The molecule has 168 valence electrons. The molecule has 7 nitrogen and oxygen atoms in total. The molecular formula is C24H28ClN5O2. The number of aromatic nitrogens is 3. The molecule has 0 amide bonds. The van der Waals surface area contributed by atoms with Gasteiger partial charge in [-0.05, 0) is 54.5 Å². The minimum atomic E-state index is -0.516. The summed E-state index contributed by atoms with van der Waals surface area (Å²) in [5, 5.41) is 14.6. The SMILES string of the molecule is CCCn1cc(CNCC2C3CN(c4ncc(C(=O)CO)cn4)CC23)c2cc(Cl)ccc21. The number of nitrogens with zero attached hydrogens (tertiary/aromatic N) is 4. The van der Waals surface area contributed by atoms with E-state index < -0.39 is 6.61 Å². The maximum atomic E-state index is 11.5. The van der Waals surface area contributed by atoms with Gasteiger partial charge in [-0.3, -0.25) is 4.79 Å². The van der Waals surface area contributed by atoms with E-state index in [1.165, 1.54) is 28.9 Å². The fraction of sp³-hybridized carbons (Fsp3) is 0.458. The van der Waals surface area contributed by atoms with Gasteiger partial charge in [0.05, 0.1) is 5.56 Å². The third kappa shape index (κ3) is 4.00. The zero-order valence-electron chi connectivity index (χ0n) is 18.2. The Balaban J connectivity index is 1.15. The summed E-state index contributed by atoms with van der Waals surface area (Å²) in [6.45, 7) is 6.45. The van der Waals surface area contributed by atoms with Crippen molar-refractivity contribution >= 4 is 34.2 Å². The van der Waals surface area contributed by atoms with Gasteiger partial charge in [0, 0.05) is 60.7 Å². The van der Waals surface area contributed by atoms with Crippen molar-refractivity contribution in [2.24, 2.45) is 17.8 Å². The standard InChI is InChI=1S/C24H28ClN5O2/c1-2-5-29-11-16(18-6-17(25)3-4-22(18)29)7-26-10-19-20-12-30(13-21(19)20)24-27-8-15(9-28-24)23(32)14-31/h3-4,6,8-9,11,19-21,26,31H,2,5,7,10,12-14H2,1H3. The third-order valence-corrected chi connectivity index (χ3v) is 7.08. The number of carbonyl (C=O) groups is 1. The number of carbonyl (C=O) groups excluding carboxylic acids is 1. The normalized spacial score (nSPS) is 21.8. The summed E-state index contributed by atoms with van der Waals surface area (Å²) in [6, 6.07) is 6.15. The van der Waals surface area contributed by atoms with Crippen LogP contribution >= 0.6 is 11.6 Å². The first-order valence-corrected chi connectivity index (χ1v) is 11.7. The Morgan fingerprint density at radius 2 is 2.00 bits per heavy atom. The van der Waals surface area contributed by atoms with Gasteiger partial charge in [-0.25, -0.2) is 9.97 Å². The van der Waals surface area contributed by atoms with Crippen LogP contribution in [0.1, 0.15) is 29.3 Å². The molecule has 32 heavy (non-hydrogen) atoms. The van der Waals surface area contributed by atoms with E-state index in [0.29, 0.717) is 29.3 Å². The van der Waals surface area contributed by atoms with E-state index in [0.717, 1.165) is 44.2 Å². The summed E-state index contributed by atoms with van der Waals surface area (Å²) in [5.41, 5.74) is 2.90. The lowest BCUT2D eigenvalue weighted by Crippen LogP contribution is -2.29. The molecule has 3 aromatic rings. The largest absolute Gasteiger partial charge is 0.388 e. The maximum absolute atomic E-state index is 11.5. The number of hydrogen-bond acceptors (Lipinski definition) is 6. The molecule has 2 unspecified atom stereocenters. The predicted octanol–water partition coefficient (Wildman–Crippen LogP) is 3.14. The Kier molecular flexibility index (Phi) is 5.88. The molecule has 2 atom stereocenters. The number of ketones is 1. The monoisotopic (exact) mass is 453 g/mol. The Labute approximate surface area is 192 Å². The van der Waals surface area contributed by atoms with Gasteiger partial charge in [-0.2, -0.15) is 0 Å². The second kappa shape index (κ2) is 8.81. The van der Waals surface area contributed by atoms with Crippen LogP contribution in [0.15, 0.2) is 36.8 Å². The summed E-state index contributed by atoms with van der Waals surface area (Å²) < 4.78 is 2.33. The topological polar surface area (TPSA) is 83.3 Å². The van der Waals surface area contributed by atoms with Crippen LogP contribution in [0, 0.1) is 17.8 Å². The summed E-state index contributed by atoms with van der Waals surface area (Å²) in [6.07, 6.45) is 6.37. The molecule has 1 aliphatic heterocycles. The van der Waals surface area contributed by atoms with E-state index in [1.54, 1.807) is 0 Å². The average Bonchev–Trinajstić information content (AvgIpc) is 3.11. The predicted molar refractivity (Wildman–Crippen MR) is 125 cm³/mol. The number of fused-ring (bicyclic) bond motifs is 2. The van der Waals surface area contributed by atoms with Crippen LogP contribution in [-0.2, 0) is 13.1 Å². The lowest BCUT2D eigenvalue weighted by atomic mass is 10.1. The molecule has 2 aliphatic rings. The molecule has 1 aliphatic carbocycles. The molecule has 2 aromatic heterocycles. The number of aliphatic hydroxyl groups excluding tert-OH is 1. The number of hydrogen-bond donors (Lipinski definition) is 2. The second-order valence-corrected chi connectivity index (χ2v) is 9.33. The van der Waals surface area contributed by atoms with E-state index in [-0.39, 0.29) is 5.78 Å². The minimum Gasteiger partial charge on any atom is -0.388 e. The van der Waals surface area contributed by atoms with Crippen LogP contribution in [0.25, 0.3) is 10.9 Å². The highest BCUT2D eigenvalue weighted by Crippen LogP contribution is 2.51. The Hall–Kier alpha value is -2.48. The summed E-state index contributed by atoms with van der Waals surface area (Å²) >= 11 is 6.26. The van der Waals surface area contributed by atoms with Crippen molar-refractivity contribution in [1.29, 1.82) is 0 Å². The first-order chi connectivity index (χ1) is 15.6. The van der Waals surface area contributed by atoms with Crippen LogP contribution in [0.3, 0.4) is 0 Å². The highest BCUT2D eigenvalue weighted by Gasteiger charge is 2.55. The van der Waals surface area contributed by atoms with Gasteiger partial charge >= 0.3 is 0 Å². The fourth-order valence-corrected chi connectivity index (χ4v) is 5.29. The number of benzene rings is 1. The number of Topliss-reactive ketones (excluding diaryl/α,β-unsaturated/α-hetero) is 1. The molecule has 0 bridgehead atoms. The highest BCUT2D eigenvalue weighted by molar-refractivity contribution is 6.31. The van der Waals surface area contributed by atoms with Crippen molar-refractivity contribution in [1.82, 2.24) is 19.9 Å². The van der Waals surface area contributed by atoms with E-state index >= 15 is 0 Å². The second-order valence-electron chi connectivity index (χ2n) is 8.89. The van der Waals surface area contributed by atoms with Crippen molar-refractivity contribution in [3.8, 4) is 0 Å². The van der Waals surface area contributed by atoms with Gasteiger partial charge in [0.1, 0.15) is 6.61 Å². The molecule has 1 saturated heterocycles. The van der Waals surface area contributed by atoms with Crippen molar-refractivity contribution in [3.05, 3.63) is 52.9 Å². The molecule has 2 N–H and O–H groups in total. The van der Waals surface area contributed by atoms with Gasteiger partial charge in [0.15, 0.2) is 5.78 Å². The lowest BCUT2D eigenvalue weighted by Gasteiger charge is -2.19. The number of aliphatic hydroxyl groups is 1. The molecule has 0 spiro atoms. The number of piperidine rings is 1. The smallest absolute Gasteiger partial charge is 0.225 e. The van der Waals surface area contributed by atoms with Gasteiger partial charge in [0.25, 0.3) is 0 Å². The summed E-state index contributed by atoms with van der Waals surface area (Å²) in [4.78, 5) is 22.3. The molecule has 8 heteroatoms. The van der Waals surface area contributed by atoms with Crippen LogP contribution in [0.5, 0.6) is 0 Å². The Morgan fingerprint density at radius 3 is 2.69 bits per heavy atom. The van der Waals surface area contributed by atoms with Gasteiger partial charge in [0.2, 0.25) is 5.95 Å². The zero-order valence-corrected chi connectivity index (χ0v) is 18.9. The number of rotatable bonds is 9. The summed E-state index contributed by atoms with van der Waals surface area (Å²) in [5.74, 6) is 2.33. The lowest BCUT2D eigenvalue weighted by molar-refractivity contribution is 0.0903. The van der Waals surface area contributed by atoms with E-state index in [1.807, 2.05) is 6.07 Å². The molecule has 2 fully saturated rings. The Morgan fingerprint density at radius 1 is 1.25 bits per heavy atom. The number of halogens is 1. The van der Waals surface area contributed by atoms with Crippen LogP contribution in [0.4, 0.5) is 5.95 Å². The number of nitrogens with one attached hydrogen (secondary N) is 1. The molecule has 5 rings (SSSR count). The molecule has 1 aromatic carbocycles. The number of anilines is 1. The fourth-order valence-electron chi connectivity index (χ4n) is 5.12. The van der Waals surface area contributed by atoms with Crippen LogP contribution in [0.2, 0.25) is 5.02 Å². The molecule has 0 radical (unpaired) electrons. The van der Waals surface area contributed by atoms with Crippen molar-refractivity contribution in [3.63, 3.8) is 0 Å². The van der Waals surface area contributed by atoms with Crippen molar-refractivity contribution in [2.45, 2.75) is 26.4 Å². The zero-order chi connectivity index (χ0) is 22.2. The Bertz CT molecular complexity index is 1120. The van der Waals surface area contributed by atoms with E-state index in [2.05, 4.69) is 50.0 Å². The minimum absolute atomic E-state index is 0.351. The number of aryl methyl sites for hydroxylation is 1. The van der Waals surface area contributed by atoms with Crippen LogP contribution in [-0.4, -0.2) is 51.7 Å². The molecule has 3 heterocycles. The van der Waals surface area contributed by atoms with Crippen LogP contribution < -0.4 is 10.2 Å². The van der Waals surface area contributed by atoms with Crippen molar-refractivity contribution in [2.75, 3.05) is 31.1 Å². The molecular weight excluding hydrogens is 426 g/mol. The first kappa shape index (κ1) is 21.4. The maximum Gasteiger partial charge on any atom is 0.225 e. The average molecular weight is 454 g/mol. The van der Waals surface area contributed by atoms with Crippen molar-refractivity contribution < 1.29 is 9.90 Å². The van der Waals surface area contributed by atoms with Gasteiger partial charge < -0.3 is 19.9 Å². The summed E-state index contributed by atoms with van der Waals surface area (Å²) in [7, 11) is 0. The quantitative estimate of drug-likeness (QED) is 0.484. The highest BCUT2D eigenvalue weighted by atomic mass is 35.5. The van der Waals surface area contributed by atoms with E-state index in [4.69, 9.17) is 16.7 Å². The third-order valence-electron chi connectivity index (χ3n) is 6.84.